The number of hydrogen-bond donors (Lipinski definition) is 1. The van der Waals surface area contributed by atoms with Crippen molar-refractivity contribution in [2.75, 3.05) is 7.11 Å². The number of phenolic OH excluding ortho intramolecular Hbond substituents is 1. The van der Waals surface area contributed by atoms with Crippen molar-refractivity contribution in [3.63, 3.8) is 0 Å². The van der Waals surface area contributed by atoms with Crippen LogP contribution in [-0.2, 0) is 0 Å². The minimum Gasteiger partial charge on any atom is -0.504 e. The molecule has 0 aliphatic heterocycles. The first-order chi connectivity index (χ1) is 9.81. The van der Waals surface area contributed by atoms with Crippen LogP contribution in [0.4, 0.5) is 13.2 Å². The number of nitrogens with zero attached hydrogens (tertiary/aromatic N) is 1. The molecule has 0 aliphatic carbocycles. The fourth-order valence-electron chi connectivity index (χ4n) is 1.93. The molecule has 7 heteroatoms. The van der Waals surface area contributed by atoms with E-state index in [-0.39, 0.29) is 0 Å². The first-order valence-corrected chi connectivity index (χ1v) is 5.90. The molecule has 0 fully saturated rings. The normalized spacial score (nSPS) is 11.3. The number of aromatic hydroxyl groups is 1. The topological polar surface area (TPSA) is 51.6 Å². The minimum atomic E-state index is -4.88. The lowest BCUT2D eigenvalue weighted by molar-refractivity contribution is -0.275. The highest BCUT2D eigenvalue weighted by Gasteiger charge is 2.32. The Kier molecular flexibility index (Phi) is 3.93. The van der Waals surface area contributed by atoms with Gasteiger partial charge in [0.15, 0.2) is 11.5 Å². The number of hydrogen-bond acceptors (Lipinski definition) is 4. The van der Waals surface area contributed by atoms with E-state index in [4.69, 9.17) is 4.74 Å². The van der Waals surface area contributed by atoms with E-state index in [0.29, 0.717) is 22.6 Å². The van der Waals surface area contributed by atoms with Gasteiger partial charge in [0.25, 0.3) is 0 Å². The van der Waals surface area contributed by atoms with E-state index >= 15 is 0 Å². The van der Waals surface area contributed by atoms with Gasteiger partial charge in [-0.05, 0) is 30.7 Å². The molecule has 0 amide bonds. The highest BCUT2D eigenvalue weighted by atomic mass is 19.4. The van der Waals surface area contributed by atoms with Crippen LogP contribution in [0.25, 0.3) is 11.1 Å². The van der Waals surface area contributed by atoms with Gasteiger partial charge in [-0.15, -0.1) is 13.2 Å². The van der Waals surface area contributed by atoms with Crippen LogP contribution in [0.15, 0.2) is 30.5 Å². The van der Waals surface area contributed by atoms with Gasteiger partial charge in [0.2, 0.25) is 0 Å². The van der Waals surface area contributed by atoms with Crippen LogP contribution in [-0.4, -0.2) is 23.6 Å². The SMILES string of the molecule is COc1c(-c2ccc(O)c(OC(F)(F)F)c2)ccnc1C. The molecule has 1 aromatic carbocycles. The Morgan fingerprint density at radius 3 is 2.52 bits per heavy atom. The first kappa shape index (κ1) is 15.0. The molecule has 2 aromatic rings. The third-order valence-electron chi connectivity index (χ3n) is 2.78. The number of phenols is 1. The van der Waals surface area contributed by atoms with Gasteiger partial charge >= 0.3 is 6.36 Å². The quantitative estimate of drug-likeness (QED) is 0.939. The van der Waals surface area contributed by atoms with E-state index in [0.717, 1.165) is 12.1 Å². The highest BCUT2D eigenvalue weighted by molar-refractivity contribution is 5.73. The minimum absolute atomic E-state index is 0.411. The van der Waals surface area contributed by atoms with E-state index in [1.165, 1.54) is 19.4 Å². The Labute approximate surface area is 118 Å². The summed E-state index contributed by atoms with van der Waals surface area (Å²) in [5, 5.41) is 9.46. The lowest BCUT2D eigenvalue weighted by Gasteiger charge is -2.14. The summed E-state index contributed by atoms with van der Waals surface area (Å²) in [4.78, 5) is 4.05. The molecule has 0 radical (unpaired) electrons. The summed E-state index contributed by atoms with van der Waals surface area (Å²) in [7, 11) is 1.45. The standard InChI is InChI=1S/C14H12F3NO3/c1-8-13(20-2)10(5-6-18-8)9-3-4-11(19)12(7-9)21-14(15,16)17/h3-7,19H,1-2H3. The fraction of sp³-hybridized carbons (Fsp3) is 0.214. The van der Waals surface area contributed by atoms with Crippen molar-refractivity contribution < 1.29 is 27.8 Å². The van der Waals surface area contributed by atoms with E-state index in [9.17, 15) is 18.3 Å². The molecular formula is C14H12F3NO3. The molecule has 1 N–H and O–H groups in total. The van der Waals surface area contributed by atoms with Crippen molar-refractivity contribution in [3.8, 4) is 28.4 Å². The molecule has 1 aromatic heterocycles. The largest absolute Gasteiger partial charge is 0.573 e. The van der Waals surface area contributed by atoms with Crippen LogP contribution in [0.3, 0.4) is 0 Å². The maximum atomic E-state index is 12.3. The van der Waals surface area contributed by atoms with Gasteiger partial charge in [0, 0.05) is 11.8 Å². The van der Waals surface area contributed by atoms with Crippen LogP contribution in [0.2, 0.25) is 0 Å². The Morgan fingerprint density at radius 2 is 1.90 bits per heavy atom. The summed E-state index contributed by atoms with van der Waals surface area (Å²) < 4.78 is 45.9. The molecule has 0 saturated carbocycles. The first-order valence-electron chi connectivity index (χ1n) is 5.90. The molecule has 0 unspecified atom stereocenters. The zero-order valence-electron chi connectivity index (χ0n) is 11.2. The van der Waals surface area contributed by atoms with Gasteiger partial charge in [-0.3, -0.25) is 4.98 Å². The number of methoxy groups -OCH3 is 1. The number of benzene rings is 1. The second kappa shape index (κ2) is 5.51. The molecule has 0 saturated heterocycles. The number of aryl methyl sites for hydroxylation is 1. The lowest BCUT2D eigenvalue weighted by atomic mass is 10.0. The molecule has 1 heterocycles. The van der Waals surface area contributed by atoms with Crippen LogP contribution in [0.5, 0.6) is 17.2 Å². The van der Waals surface area contributed by atoms with Gasteiger partial charge in [0.05, 0.1) is 12.8 Å². The summed E-state index contributed by atoms with van der Waals surface area (Å²) in [5.74, 6) is -0.821. The number of ether oxygens (including phenoxy) is 2. The van der Waals surface area contributed by atoms with Gasteiger partial charge in [0.1, 0.15) is 5.75 Å². The number of halogens is 3. The van der Waals surface area contributed by atoms with Crippen molar-refractivity contribution >= 4 is 0 Å². The second-order valence-corrected chi connectivity index (χ2v) is 4.21. The van der Waals surface area contributed by atoms with Crippen LogP contribution in [0, 0.1) is 6.92 Å². The fourth-order valence-corrected chi connectivity index (χ4v) is 1.93. The molecule has 112 valence electrons. The highest BCUT2D eigenvalue weighted by Crippen LogP contribution is 2.38. The van der Waals surface area contributed by atoms with Gasteiger partial charge in [-0.2, -0.15) is 0 Å². The third-order valence-corrected chi connectivity index (χ3v) is 2.78. The predicted molar refractivity (Wildman–Crippen MR) is 69.3 cm³/mol. The molecule has 21 heavy (non-hydrogen) atoms. The average molecular weight is 299 g/mol. The monoisotopic (exact) mass is 299 g/mol. The molecule has 0 aliphatic rings. The maximum absolute atomic E-state index is 12.3. The molecule has 0 atom stereocenters. The number of aromatic nitrogens is 1. The van der Waals surface area contributed by atoms with Crippen LogP contribution < -0.4 is 9.47 Å². The number of pyridine rings is 1. The molecule has 2 rings (SSSR count). The molecule has 0 bridgehead atoms. The number of alkyl halides is 3. The average Bonchev–Trinajstić information content (AvgIpc) is 2.39. The van der Waals surface area contributed by atoms with E-state index in [1.807, 2.05) is 0 Å². The Balaban J connectivity index is 2.51. The van der Waals surface area contributed by atoms with Crippen molar-refractivity contribution in [3.05, 3.63) is 36.2 Å². The van der Waals surface area contributed by atoms with Gasteiger partial charge < -0.3 is 14.6 Å². The van der Waals surface area contributed by atoms with Crippen molar-refractivity contribution in [1.82, 2.24) is 4.98 Å². The lowest BCUT2D eigenvalue weighted by Crippen LogP contribution is -2.17. The summed E-state index contributed by atoms with van der Waals surface area (Å²) in [6.07, 6.45) is -3.36. The summed E-state index contributed by atoms with van der Waals surface area (Å²) in [6, 6.07) is 5.30. The summed E-state index contributed by atoms with van der Waals surface area (Å²) >= 11 is 0. The van der Waals surface area contributed by atoms with Gasteiger partial charge in [-0.1, -0.05) is 6.07 Å². The van der Waals surface area contributed by atoms with E-state index in [1.54, 1.807) is 13.0 Å². The van der Waals surface area contributed by atoms with Crippen LogP contribution >= 0.6 is 0 Å². The van der Waals surface area contributed by atoms with E-state index in [2.05, 4.69) is 9.72 Å². The summed E-state index contributed by atoms with van der Waals surface area (Å²) in [6.45, 7) is 1.72. The third kappa shape index (κ3) is 3.36. The van der Waals surface area contributed by atoms with Crippen molar-refractivity contribution in [2.24, 2.45) is 0 Å². The number of rotatable bonds is 3. The summed E-state index contributed by atoms with van der Waals surface area (Å²) in [5.41, 5.74) is 1.56. The Morgan fingerprint density at radius 1 is 1.19 bits per heavy atom. The zero-order valence-corrected chi connectivity index (χ0v) is 11.2. The van der Waals surface area contributed by atoms with Crippen molar-refractivity contribution in [1.29, 1.82) is 0 Å². The maximum Gasteiger partial charge on any atom is 0.573 e. The molecule has 4 nitrogen and oxygen atoms in total. The molecule has 0 spiro atoms. The van der Waals surface area contributed by atoms with Gasteiger partial charge in [-0.25, -0.2) is 0 Å². The second-order valence-electron chi connectivity index (χ2n) is 4.21. The zero-order chi connectivity index (χ0) is 15.6. The predicted octanol–water partition coefficient (Wildman–Crippen LogP) is 3.67. The van der Waals surface area contributed by atoms with Crippen molar-refractivity contribution in [2.45, 2.75) is 13.3 Å². The molecular weight excluding hydrogens is 287 g/mol. The smallest absolute Gasteiger partial charge is 0.504 e. The van der Waals surface area contributed by atoms with E-state index < -0.39 is 17.9 Å². The Bertz CT molecular complexity index is 656. The Hall–Kier alpha value is -2.44. The van der Waals surface area contributed by atoms with Crippen LogP contribution in [0.1, 0.15) is 5.69 Å².